The van der Waals surface area contributed by atoms with E-state index >= 15 is 0 Å². The van der Waals surface area contributed by atoms with Crippen LogP contribution in [0.3, 0.4) is 0 Å². The smallest absolute Gasteiger partial charge is 0.326 e. The van der Waals surface area contributed by atoms with Gasteiger partial charge in [-0.05, 0) is 20.8 Å². The van der Waals surface area contributed by atoms with Gasteiger partial charge in [0.05, 0.1) is 12.0 Å². The van der Waals surface area contributed by atoms with Crippen LogP contribution in [0.15, 0.2) is 0 Å². The molecule has 4 N–H and O–H groups in total. The Bertz CT molecular complexity index is 342. The molecule has 0 bridgehead atoms. The second kappa shape index (κ2) is 7.57. The number of hydrogen-bond donors (Lipinski definition) is 4. The molecular weight excluding hydrogens is 256 g/mol. The predicted octanol–water partition coefficient (Wildman–Crippen LogP) is 0.0286. The lowest BCUT2D eigenvalue weighted by Crippen LogP contribution is -2.50. The highest BCUT2D eigenvalue weighted by molar-refractivity contribution is 5.86. The average Bonchev–Trinajstić information content (AvgIpc) is 2.25. The molecule has 0 aromatic carbocycles. The van der Waals surface area contributed by atoms with Crippen molar-refractivity contribution in [2.45, 2.75) is 38.8 Å². The van der Waals surface area contributed by atoms with E-state index in [1.54, 1.807) is 13.8 Å². The number of ether oxygens (including phenoxy) is 1. The van der Waals surface area contributed by atoms with Gasteiger partial charge in [-0.25, -0.2) is 9.59 Å². The molecule has 0 radical (unpaired) electrons. The number of aliphatic carboxylic acids is 2. The Kier molecular flexibility index (Phi) is 6.84. The van der Waals surface area contributed by atoms with Crippen molar-refractivity contribution in [2.24, 2.45) is 0 Å². The van der Waals surface area contributed by atoms with Crippen molar-refractivity contribution in [2.75, 3.05) is 13.2 Å². The molecule has 0 heterocycles. The molecule has 110 valence electrons. The topological polar surface area (TPSA) is 125 Å². The SMILES string of the molecule is CCOC(C)(C)CNC(=O)N[C@@H](CC(=O)O)C(=O)O. The lowest BCUT2D eigenvalue weighted by Gasteiger charge is -2.25. The molecule has 0 fully saturated rings. The molecule has 1 atom stereocenters. The summed E-state index contributed by atoms with van der Waals surface area (Å²) >= 11 is 0. The maximum absolute atomic E-state index is 11.5. The van der Waals surface area contributed by atoms with E-state index < -0.39 is 36.0 Å². The third-order valence-electron chi connectivity index (χ3n) is 2.19. The summed E-state index contributed by atoms with van der Waals surface area (Å²) in [4.78, 5) is 32.6. The number of carboxylic acids is 2. The molecule has 0 unspecified atom stereocenters. The summed E-state index contributed by atoms with van der Waals surface area (Å²) in [5, 5.41) is 21.8. The minimum atomic E-state index is -1.47. The van der Waals surface area contributed by atoms with Crippen molar-refractivity contribution < 1.29 is 29.3 Å². The van der Waals surface area contributed by atoms with E-state index in [-0.39, 0.29) is 6.54 Å². The first-order valence-electron chi connectivity index (χ1n) is 5.81. The second-order valence-electron chi connectivity index (χ2n) is 4.51. The quantitative estimate of drug-likeness (QED) is 0.495. The monoisotopic (exact) mass is 276 g/mol. The first-order chi connectivity index (χ1) is 8.68. The lowest BCUT2D eigenvalue weighted by molar-refractivity contribution is -0.145. The number of carbonyl (C=O) groups excluding carboxylic acids is 1. The third kappa shape index (κ3) is 7.98. The van der Waals surface area contributed by atoms with Crippen molar-refractivity contribution in [1.29, 1.82) is 0 Å². The molecule has 0 aromatic heterocycles. The Morgan fingerprint density at radius 2 is 1.84 bits per heavy atom. The van der Waals surface area contributed by atoms with E-state index in [4.69, 9.17) is 14.9 Å². The van der Waals surface area contributed by atoms with Crippen LogP contribution in [0.5, 0.6) is 0 Å². The van der Waals surface area contributed by atoms with Gasteiger partial charge in [-0.3, -0.25) is 4.79 Å². The van der Waals surface area contributed by atoms with Crippen molar-refractivity contribution in [1.82, 2.24) is 10.6 Å². The van der Waals surface area contributed by atoms with Crippen LogP contribution in [0.25, 0.3) is 0 Å². The molecule has 2 amide bonds. The third-order valence-corrected chi connectivity index (χ3v) is 2.19. The molecule has 0 rings (SSSR count). The van der Waals surface area contributed by atoms with Gasteiger partial charge in [0.25, 0.3) is 0 Å². The highest BCUT2D eigenvalue weighted by Gasteiger charge is 2.24. The molecule has 8 heteroatoms. The van der Waals surface area contributed by atoms with Crippen LogP contribution in [0.4, 0.5) is 4.79 Å². The van der Waals surface area contributed by atoms with E-state index in [0.717, 1.165) is 0 Å². The van der Waals surface area contributed by atoms with Crippen molar-refractivity contribution in [3.05, 3.63) is 0 Å². The molecule has 0 saturated heterocycles. The summed E-state index contributed by atoms with van der Waals surface area (Å²) in [5.41, 5.74) is -0.586. The van der Waals surface area contributed by atoms with Crippen LogP contribution in [-0.4, -0.2) is 53.0 Å². The first kappa shape index (κ1) is 17.2. The number of urea groups is 1. The number of nitrogens with one attached hydrogen (secondary N) is 2. The molecule has 0 spiro atoms. The van der Waals surface area contributed by atoms with E-state index in [2.05, 4.69) is 10.6 Å². The van der Waals surface area contributed by atoms with Gasteiger partial charge in [-0.1, -0.05) is 0 Å². The Hall–Kier alpha value is -1.83. The van der Waals surface area contributed by atoms with Gasteiger partial charge in [0, 0.05) is 13.2 Å². The summed E-state index contributed by atoms with van der Waals surface area (Å²) in [7, 11) is 0. The highest BCUT2D eigenvalue weighted by atomic mass is 16.5. The van der Waals surface area contributed by atoms with Crippen LogP contribution >= 0.6 is 0 Å². The van der Waals surface area contributed by atoms with Crippen LogP contribution in [0.1, 0.15) is 27.2 Å². The van der Waals surface area contributed by atoms with Gasteiger partial charge in [-0.15, -0.1) is 0 Å². The van der Waals surface area contributed by atoms with Gasteiger partial charge >= 0.3 is 18.0 Å². The number of amides is 2. The zero-order chi connectivity index (χ0) is 15.1. The molecular formula is C11H20N2O6. The molecule has 0 aliphatic heterocycles. The number of rotatable bonds is 8. The Morgan fingerprint density at radius 3 is 2.26 bits per heavy atom. The van der Waals surface area contributed by atoms with Crippen LogP contribution in [0, 0.1) is 0 Å². The van der Waals surface area contributed by atoms with Crippen LogP contribution in [0.2, 0.25) is 0 Å². The molecule has 0 aromatic rings. The van der Waals surface area contributed by atoms with Gasteiger partial charge in [0.1, 0.15) is 6.04 Å². The molecule has 8 nitrogen and oxygen atoms in total. The van der Waals surface area contributed by atoms with E-state index in [1.165, 1.54) is 0 Å². The fourth-order valence-electron chi connectivity index (χ4n) is 1.32. The van der Waals surface area contributed by atoms with E-state index in [1.807, 2.05) is 6.92 Å². The fourth-order valence-corrected chi connectivity index (χ4v) is 1.32. The Labute approximate surface area is 111 Å². The number of carbonyl (C=O) groups is 3. The fraction of sp³-hybridized carbons (Fsp3) is 0.727. The number of hydrogen-bond acceptors (Lipinski definition) is 4. The second-order valence-corrected chi connectivity index (χ2v) is 4.51. The van der Waals surface area contributed by atoms with E-state index in [0.29, 0.717) is 6.61 Å². The molecule has 0 aliphatic carbocycles. The summed E-state index contributed by atoms with van der Waals surface area (Å²) in [5.74, 6) is -2.70. The van der Waals surface area contributed by atoms with Gasteiger partial charge in [0.15, 0.2) is 0 Å². The average molecular weight is 276 g/mol. The van der Waals surface area contributed by atoms with Crippen LogP contribution < -0.4 is 10.6 Å². The highest BCUT2D eigenvalue weighted by Crippen LogP contribution is 2.06. The zero-order valence-electron chi connectivity index (χ0n) is 11.2. The van der Waals surface area contributed by atoms with Crippen molar-refractivity contribution in [3.63, 3.8) is 0 Å². The maximum Gasteiger partial charge on any atom is 0.326 e. The normalized spacial score (nSPS) is 12.6. The molecule has 19 heavy (non-hydrogen) atoms. The number of carboxylic acid groups (broad SMARTS) is 2. The minimum absolute atomic E-state index is 0.173. The summed E-state index contributed by atoms with van der Waals surface area (Å²) in [6.45, 7) is 6.00. The maximum atomic E-state index is 11.5. The standard InChI is InChI=1S/C11H20N2O6/c1-4-19-11(2,3)6-12-10(18)13-7(9(16)17)5-8(14)15/h7H,4-6H2,1-3H3,(H,14,15)(H,16,17)(H2,12,13,18)/t7-/m0/s1. The van der Waals surface area contributed by atoms with Crippen molar-refractivity contribution >= 4 is 18.0 Å². The summed E-state index contributed by atoms with van der Waals surface area (Å²) < 4.78 is 5.34. The van der Waals surface area contributed by atoms with Crippen LogP contribution in [-0.2, 0) is 14.3 Å². The minimum Gasteiger partial charge on any atom is -0.481 e. The Morgan fingerprint density at radius 1 is 1.26 bits per heavy atom. The lowest BCUT2D eigenvalue weighted by atomic mass is 10.1. The zero-order valence-corrected chi connectivity index (χ0v) is 11.2. The summed E-state index contributed by atoms with van der Waals surface area (Å²) in [6.07, 6.45) is -0.683. The molecule has 0 saturated carbocycles. The van der Waals surface area contributed by atoms with Crippen molar-refractivity contribution in [3.8, 4) is 0 Å². The van der Waals surface area contributed by atoms with Gasteiger partial charge < -0.3 is 25.6 Å². The first-order valence-corrected chi connectivity index (χ1v) is 5.81. The largest absolute Gasteiger partial charge is 0.481 e. The van der Waals surface area contributed by atoms with E-state index in [9.17, 15) is 14.4 Å². The van der Waals surface area contributed by atoms with Gasteiger partial charge in [-0.2, -0.15) is 0 Å². The predicted molar refractivity (Wildman–Crippen MR) is 65.9 cm³/mol. The molecule has 0 aliphatic rings. The summed E-state index contributed by atoms with van der Waals surface area (Å²) in [6, 6.07) is -2.21. The Balaban J connectivity index is 4.27. The van der Waals surface area contributed by atoms with Gasteiger partial charge in [0.2, 0.25) is 0 Å².